The Kier molecular flexibility index (Phi) is 5.62. The van der Waals surface area contributed by atoms with Gasteiger partial charge in [0.2, 0.25) is 0 Å². The summed E-state index contributed by atoms with van der Waals surface area (Å²) in [5.41, 5.74) is 1.03. The molecule has 4 rings (SSSR count). The first kappa shape index (κ1) is 22.4. The Balaban J connectivity index is 1.55. The molecule has 0 saturated carbocycles. The second-order valence-corrected chi connectivity index (χ2v) is 10.3. The molecule has 0 aromatic carbocycles. The van der Waals surface area contributed by atoms with Crippen molar-refractivity contribution in [1.82, 2.24) is 20.2 Å². The highest BCUT2D eigenvalue weighted by molar-refractivity contribution is 7.94. The Morgan fingerprint density at radius 2 is 1.97 bits per heavy atom. The molecule has 2 aromatic rings. The number of hydrogen-bond donors (Lipinski definition) is 2. The van der Waals surface area contributed by atoms with Crippen LogP contribution in [0.2, 0.25) is 0 Å². The van der Waals surface area contributed by atoms with Gasteiger partial charge in [0, 0.05) is 25.1 Å². The minimum absolute atomic E-state index is 0.0780. The van der Waals surface area contributed by atoms with Crippen molar-refractivity contribution >= 4 is 33.9 Å². The minimum atomic E-state index is -4.27. The number of ether oxygens (including phenoxy) is 1. The van der Waals surface area contributed by atoms with E-state index in [2.05, 4.69) is 15.3 Å². The number of alkyl carbamates (subject to hydrolysis) is 1. The summed E-state index contributed by atoms with van der Waals surface area (Å²) in [6, 6.07) is 6.57. The zero-order valence-corrected chi connectivity index (χ0v) is 18.2. The predicted octanol–water partition coefficient (Wildman–Crippen LogP) is 0.595. The van der Waals surface area contributed by atoms with Crippen molar-refractivity contribution in [2.24, 2.45) is 0 Å². The summed E-state index contributed by atoms with van der Waals surface area (Å²) >= 11 is 0. The molecule has 11 nitrogen and oxygen atoms in total. The molecule has 2 N–H and O–H groups in total. The van der Waals surface area contributed by atoms with Crippen LogP contribution in [0.4, 0.5) is 4.79 Å². The molecule has 2 aliphatic heterocycles. The Morgan fingerprint density at radius 3 is 2.61 bits per heavy atom. The molecule has 2 amide bonds. The molecule has 3 atom stereocenters. The molecule has 2 aliphatic rings. The molecule has 4 heterocycles. The number of carboxylic acids is 1. The number of pyridine rings is 2. The third-order valence-electron chi connectivity index (χ3n) is 5.70. The Morgan fingerprint density at radius 1 is 1.24 bits per heavy atom. The smallest absolute Gasteiger partial charge is 0.407 e. The number of fused-ring (bicyclic) bond motifs is 1. The Bertz CT molecular complexity index is 1230. The fraction of sp³-hybridized carbons (Fsp3) is 0.286. The zero-order chi connectivity index (χ0) is 23.8. The lowest BCUT2D eigenvalue weighted by Gasteiger charge is -2.37. The van der Waals surface area contributed by atoms with Crippen molar-refractivity contribution < 1.29 is 32.6 Å². The zero-order valence-electron chi connectivity index (χ0n) is 17.4. The van der Waals surface area contributed by atoms with Crippen LogP contribution < -0.4 is 5.32 Å². The van der Waals surface area contributed by atoms with Crippen molar-refractivity contribution in [2.45, 2.75) is 29.6 Å². The van der Waals surface area contributed by atoms with Gasteiger partial charge >= 0.3 is 12.1 Å². The summed E-state index contributed by atoms with van der Waals surface area (Å²) in [7, 11) is -4.27. The SMILES string of the molecule is CC1(COC(=O)NCc2ccncc2)[C@H](C(=O)O)N2C(=O)/C(=C/c3ccccn3)C2S1(=O)=O. The maximum atomic E-state index is 13.4. The van der Waals surface area contributed by atoms with Crippen molar-refractivity contribution in [1.29, 1.82) is 0 Å². The van der Waals surface area contributed by atoms with Crippen LogP contribution in [-0.4, -0.2) is 69.1 Å². The van der Waals surface area contributed by atoms with E-state index in [1.165, 1.54) is 19.2 Å². The van der Waals surface area contributed by atoms with Crippen LogP contribution in [0, 0.1) is 0 Å². The van der Waals surface area contributed by atoms with Gasteiger partial charge in [-0.15, -0.1) is 0 Å². The standard InChI is InChI=1S/C21H20N4O7S/c1-21(12-32-20(29)24-11-13-5-8-22-9-6-13)16(19(27)28)25-17(26)15(18(25)33(21,30)31)10-14-4-2-3-7-23-14/h2-10,16,18H,11-12H2,1H3,(H,24,29)(H,27,28)/b15-10-/t16-,18?,21?/m0/s1. The van der Waals surface area contributed by atoms with Crippen LogP contribution in [0.5, 0.6) is 0 Å². The van der Waals surface area contributed by atoms with E-state index in [9.17, 15) is 27.9 Å². The van der Waals surface area contributed by atoms with Crippen LogP contribution in [0.3, 0.4) is 0 Å². The van der Waals surface area contributed by atoms with Crippen LogP contribution in [0.1, 0.15) is 18.2 Å². The molecule has 0 bridgehead atoms. The lowest BCUT2D eigenvalue weighted by Crippen LogP contribution is -2.59. The van der Waals surface area contributed by atoms with Crippen molar-refractivity contribution in [2.75, 3.05) is 6.61 Å². The topological polar surface area (TPSA) is 156 Å². The van der Waals surface area contributed by atoms with Gasteiger partial charge in [0.05, 0.1) is 11.3 Å². The highest BCUT2D eigenvalue weighted by Gasteiger charge is 2.72. The van der Waals surface area contributed by atoms with Crippen LogP contribution >= 0.6 is 0 Å². The first-order chi connectivity index (χ1) is 15.7. The largest absolute Gasteiger partial charge is 0.480 e. The number of nitrogens with zero attached hydrogens (tertiary/aromatic N) is 3. The minimum Gasteiger partial charge on any atom is -0.480 e. The van der Waals surface area contributed by atoms with E-state index in [0.717, 1.165) is 10.5 Å². The molecular weight excluding hydrogens is 452 g/mol. The lowest BCUT2D eigenvalue weighted by atomic mass is 9.94. The quantitative estimate of drug-likeness (QED) is 0.454. The summed E-state index contributed by atoms with van der Waals surface area (Å²) in [6.45, 7) is 0.532. The summed E-state index contributed by atoms with van der Waals surface area (Å²) in [5.74, 6) is -2.22. The molecule has 33 heavy (non-hydrogen) atoms. The number of carboxylic acid groups (broad SMARTS) is 1. The maximum absolute atomic E-state index is 13.4. The highest BCUT2D eigenvalue weighted by atomic mass is 32.2. The second kappa shape index (κ2) is 8.28. The summed E-state index contributed by atoms with van der Waals surface area (Å²) < 4.78 is 29.8. The third kappa shape index (κ3) is 3.71. The van der Waals surface area contributed by atoms with Crippen molar-refractivity contribution in [3.63, 3.8) is 0 Å². The predicted molar refractivity (Wildman–Crippen MR) is 114 cm³/mol. The lowest BCUT2D eigenvalue weighted by molar-refractivity contribution is -0.153. The number of hydrogen-bond acceptors (Lipinski definition) is 8. The number of rotatable bonds is 6. The van der Waals surface area contributed by atoms with Gasteiger partial charge in [-0.2, -0.15) is 0 Å². The third-order valence-corrected chi connectivity index (χ3v) is 8.41. The number of β-lactam (4-membered cyclic amide) rings is 1. The summed E-state index contributed by atoms with van der Waals surface area (Å²) in [4.78, 5) is 45.6. The molecule has 0 spiro atoms. The summed E-state index contributed by atoms with van der Waals surface area (Å²) in [5, 5.41) is 10.8. The Labute approximate surface area is 189 Å². The Hall–Kier alpha value is -3.80. The molecule has 12 heteroatoms. The van der Waals surface area contributed by atoms with Gasteiger partial charge < -0.3 is 20.1 Å². The molecule has 2 fully saturated rings. The fourth-order valence-corrected chi connectivity index (χ4v) is 6.23. The van der Waals surface area contributed by atoms with E-state index < -0.39 is 50.6 Å². The second-order valence-electron chi connectivity index (χ2n) is 7.80. The average Bonchev–Trinajstić information content (AvgIpc) is 2.97. The first-order valence-electron chi connectivity index (χ1n) is 9.88. The molecular formula is C21H20N4O7S. The number of aliphatic carboxylic acids is 1. The molecule has 2 aromatic heterocycles. The number of carbonyl (C=O) groups excluding carboxylic acids is 2. The van der Waals surface area contributed by atoms with E-state index in [1.807, 2.05) is 0 Å². The van der Waals surface area contributed by atoms with Gasteiger partial charge in [0.1, 0.15) is 11.4 Å². The van der Waals surface area contributed by atoms with Gasteiger partial charge in [-0.1, -0.05) is 6.07 Å². The normalized spacial score (nSPS) is 26.4. The van der Waals surface area contributed by atoms with Gasteiger partial charge in [0.15, 0.2) is 21.3 Å². The molecule has 0 radical (unpaired) electrons. The van der Waals surface area contributed by atoms with E-state index in [-0.39, 0.29) is 12.1 Å². The average molecular weight is 472 g/mol. The first-order valence-corrected chi connectivity index (χ1v) is 11.4. The van der Waals surface area contributed by atoms with Crippen molar-refractivity contribution in [3.05, 3.63) is 65.8 Å². The number of amides is 2. The molecule has 2 saturated heterocycles. The van der Waals surface area contributed by atoms with Gasteiger partial charge in [-0.25, -0.2) is 18.0 Å². The number of aromatic nitrogens is 2. The van der Waals surface area contributed by atoms with Crippen LogP contribution in [0.15, 0.2) is 54.5 Å². The van der Waals surface area contributed by atoms with E-state index in [4.69, 9.17) is 4.74 Å². The number of sulfone groups is 1. The van der Waals surface area contributed by atoms with E-state index in [1.54, 1.807) is 42.7 Å². The van der Waals surface area contributed by atoms with Crippen LogP contribution in [0.25, 0.3) is 6.08 Å². The molecule has 172 valence electrons. The highest BCUT2D eigenvalue weighted by Crippen LogP contribution is 2.49. The molecule has 0 aliphatic carbocycles. The maximum Gasteiger partial charge on any atom is 0.407 e. The van der Waals surface area contributed by atoms with Gasteiger partial charge in [-0.3, -0.25) is 14.8 Å². The monoisotopic (exact) mass is 472 g/mol. The number of carbonyl (C=O) groups is 3. The van der Waals surface area contributed by atoms with E-state index >= 15 is 0 Å². The fourth-order valence-electron chi connectivity index (χ4n) is 3.95. The van der Waals surface area contributed by atoms with Crippen LogP contribution in [-0.2, 0) is 30.7 Å². The van der Waals surface area contributed by atoms with E-state index in [0.29, 0.717) is 5.69 Å². The van der Waals surface area contributed by atoms with Gasteiger partial charge in [0.25, 0.3) is 5.91 Å². The van der Waals surface area contributed by atoms with Crippen molar-refractivity contribution in [3.8, 4) is 0 Å². The van der Waals surface area contributed by atoms with Gasteiger partial charge in [-0.05, 0) is 42.8 Å². The summed E-state index contributed by atoms with van der Waals surface area (Å²) in [6.07, 6.45) is 4.98. The number of nitrogens with one attached hydrogen (secondary N) is 1. The molecule has 2 unspecified atom stereocenters.